The van der Waals surface area contributed by atoms with Crippen molar-refractivity contribution in [3.05, 3.63) is 18.2 Å². The van der Waals surface area contributed by atoms with E-state index in [0.717, 1.165) is 12.8 Å². The van der Waals surface area contributed by atoms with Gasteiger partial charge < -0.3 is 19.5 Å². The van der Waals surface area contributed by atoms with E-state index >= 15 is 0 Å². The number of hydrogen-bond donors (Lipinski definition) is 1. The topological polar surface area (TPSA) is 106 Å². The Balaban J connectivity index is 1.30. The maximum atomic E-state index is 13.2. The van der Waals surface area contributed by atoms with Crippen LogP contribution in [-0.2, 0) is 0 Å². The average molecular weight is 474 g/mol. The molecule has 178 valence electrons. The molecular formula is C18H19F5N8O2. The summed E-state index contributed by atoms with van der Waals surface area (Å²) < 4.78 is 74.9. The number of nitrogens with zero attached hydrogens (tertiary/aromatic N) is 7. The molecule has 3 atom stereocenters. The van der Waals surface area contributed by atoms with Gasteiger partial charge in [-0.2, -0.15) is 31.9 Å². The molecule has 1 saturated carbocycles. The highest BCUT2D eigenvalue weighted by atomic mass is 19.4. The lowest BCUT2D eigenvalue weighted by Crippen LogP contribution is -2.48. The van der Waals surface area contributed by atoms with Crippen LogP contribution in [0.2, 0.25) is 0 Å². The van der Waals surface area contributed by atoms with Crippen molar-refractivity contribution in [1.82, 2.24) is 29.7 Å². The Labute approximate surface area is 183 Å². The number of nitrogens with one attached hydrogen (secondary N) is 1. The lowest BCUT2D eigenvalue weighted by molar-refractivity contribution is -0.290. The summed E-state index contributed by atoms with van der Waals surface area (Å²) in [4.78, 5) is 14.3. The molecule has 2 bridgehead atoms. The molecule has 1 N–H and O–H groups in total. The molecule has 0 aromatic carbocycles. The van der Waals surface area contributed by atoms with Crippen LogP contribution in [-0.4, -0.2) is 67.6 Å². The van der Waals surface area contributed by atoms with Gasteiger partial charge in [-0.3, -0.25) is 0 Å². The first-order valence-corrected chi connectivity index (χ1v) is 10.2. The zero-order valence-electron chi connectivity index (χ0n) is 17.3. The number of halogens is 5. The van der Waals surface area contributed by atoms with Gasteiger partial charge in [-0.15, -0.1) is 5.10 Å². The van der Waals surface area contributed by atoms with Gasteiger partial charge in [0.05, 0.1) is 0 Å². The molecule has 2 aliphatic rings. The van der Waals surface area contributed by atoms with Crippen molar-refractivity contribution in [2.75, 3.05) is 29.9 Å². The SMILES string of the molecule is Cc1noc(N2C[C@H]3CC[C@@H](C2)C3Nc2nc3c(OCC(F)(F)C(F)(F)F)nccn3n2)n1. The molecule has 33 heavy (non-hydrogen) atoms. The molecule has 1 unspecified atom stereocenters. The van der Waals surface area contributed by atoms with E-state index in [1.165, 1.54) is 16.9 Å². The zero-order chi connectivity index (χ0) is 23.4. The fourth-order valence-electron chi connectivity index (χ4n) is 4.38. The van der Waals surface area contributed by atoms with E-state index in [-0.39, 0.29) is 29.5 Å². The van der Waals surface area contributed by atoms with Crippen LogP contribution in [0.15, 0.2) is 16.9 Å². The van der Waals surface area contributed by atoms with E-state index < -0.39 is 24.6 Å². The van der Waals surface area contributed by atoms with Crippen molar-refractivity contribution in [2.45, 2.75) is 37.9 Å². The molecular weight excluding hydrogens is 455 g/mol. The maximum absolute atomic E-state index is 13.2. The number of piperidine rings is 1. The average Bonchev–Trinajstić information content (AvgIpc) is 3.41. The van der Waals surface area contributed by atoms with Gasteiger partial charge in [0.1, 0.15) is 0 Å². The number of fused-ring (bicyclic) bond motifs is 3. The minimum atomic E-state index is -5.73. The van der Waals surface area contributed by atoms with Crippen molar-refractivity contribution >= 4 is 17.6 Å². The van der Waals surface area contributed by atoms with Crippen LogP contribution in [0.3, 0.4) is 0 Å². The second kappa shape index (κ2) is 7.66. The maximum Gasteiger partial charge on any atom is 0.456 e. The molecule has 0 spiro atoms. The zero-order valence-corrected chi connectivity index (χ0v) is 17.3. The number of alkyl halides is 5. The monoisotopic (exact) mass is 474 g/mol. The first-order chi connectivity index (χ1) is 15.6. The highest BCUT2D eigenvalue weighted by Gasteiger charge is 2.58. The van der Waals surface area contributed by atoms with Gasteiger partial charge in [0.2, 0.25) is 11.6 Å². The fraction of sp³-hybridized carbons (Fsp3) is 0.611. The summed E-state index contributed by atoms with van der Waals surface area (Å²) in [5, 5.41) is 11.4. The van der Waals surface area contributed by atoms with Crippen molar-refractivity contribution in [1.29, 1.82) is 0 Å². The first-order valence-electron chi connectivity index (χ1n) is 10.2. The smallest absolute Gasteiger partial charge is 0.456 e. The van der Waals surface area contributed by atoms with Crippen LogP contribution < -0.4 is 15.0 Å². The molecule has 2 fully saturated rings. The van der Waals surface area contributed by atoms with Crippen LogP contribution in [0.25, 0.3) is 5.65 Å². The third-order valence-corrected chi connectivity index (χ3v) is 5.94. The summed E-state index contributed by atoms with van der Waals surface area (Å²) in [6.07, 6.45) is -1.20. The summed E-state index contributed by atoms with van der Waals surface area (Å²) in [6, 6.07) is 0.534. The van der Waals surface area contributed by atoms with Crippen LogP contribution in [0.4, 0.5) is 33.9 Å². The molecule has 4 heterocycles. The predicted octanol–water partition coefficient (Wildman–Crippen LogP) is 2.72. The second-order valence-corrected chi connectivity index (χ2v) is 8.22. The minimum Gasteiger partial charge on any atom is -0.468 e. The Hall–Kier alpha value is -3.26. The number of hydrogen-bond acceptors (Lipinski definition) is 9. The van der Waals surface area contributed by atoms with Gasteiger partial charge in [-0.25, -0.2) is 9.50 Å². The summed E-state index contributed by atoms with van der Waals surface area (Å²) in [5.74, 6) is -4.21. The molecule has 3 aromatic heterocycles. The van der Waals surface area contributed by atoms with Gasteiger partial charge >= 0.3 is 18.1 Å². The lowest BCUT2D eigenvalue weighted by atomic mass is 9.92. The van der Waals surface area contributed by atoms with Gasteiger partial charge in [-0.1, -0.05) is 5.16 Å². The van der Waals surface area contributed by atoms with Crippen molar-refractivity contribution < 1.29 is 31.2 Å². The van der Waals surface area contributed by atoms with Crippen LogP contribution in [0.1, 0.15) is 18.7 Å². The third-order valence-electron chi connectivity index (χ3n) is 5.94. The summed E-state index contributed by atoms with van der Waals surface area (Å²) in [5.41, 5.74) is -0.0657. The van der Waals surface area contributed by atoms with Gasteiger partial charge in [0.25, 0.3) is 5.88 Å². The molecule has 15 heteroatoms. The van der Waals surface area contributed by atoms with Crippen molar-refractivity contribution in [2.24, 2.45) is 11.8 Å². The van der Waals surface area contributed by atoms with E-state index in [4.69, 9.17) is 4.52 Å². The molecule has 0 amide bonds. The lowest BCUT2D eigenvalue weighted by Gasteiger charge is -2.37. The largest absolute Gasteiger partial charge is 0.468 e. The number of aromatic nitrogens is 6. The van der Waals surface area contributed by atoms with Gasteiger partial charge in [0, 0.05) is 31.5 Å². The van der Waals surface area contributed by atoms with Crippen LogP contribution in [0.5, 0.6) is 5.88 Å². The molecule has 1 aliphatic carbocycles. The van der Waals surface area contributed by atoms with E-state index in [9.17, 15) is 22.0 Å². The number of ether oxygens (including phenoxy) is 1. The van der Waals surface area contributed by atoms with E-state index in [2.05, 4.69) is 35.3 Å². The van der Waals surface area contributed by atoms with E-state index in [1.54, 1.807) is 6.92 Å². The van der Waals surface area contributed by atoms with Gasteiger partial charge in [0.15, 0.2) is 12.4 Å². The van der Waals surface area contributed by atoms with E-state index in [0.29, 0.717) is 24.9 Å². The molecule has 1 saturated heterocycles. The van der Waals surface area contributed by atoms with Crippen molar-refractivity contribution in [3.63, 3.8) is 0 Å². The molecule has 3 aromatic rings. The molecule has 10 nitrogen and oxygen atoms in total. The normalized spacial score (nSPS) is 23.3. The Morgan fingerprint density at radius 2 is 1.88 bits per heavy atom. The quantitative estimate of drug-likeness (QED) is 0.540. The second-order valence-electron chi connectivity index (χ2n) is 8.22. The highest BCUT2D eigenvalue weighted by molar-refractivity contribution is 5.52. The summed E-state index contributed by atoms with van der Waals surface area (Å²) in [7, 11) is 0. The highest BCUT2D eigenvalue weighted by Crippen LogP contribution is 2.40. The standard InChI is InChI=1S/C18H19F5N8O2/c1-9-25-16(33-29-9)30-6-10-2-3-11(7-30)12(10)26-15-27-13-14(24-4-5-31(13)28-15)32-8-17(19,20)18(21,22)23/h4-5,10-12H,2-3,6-8H2,1H3,(H,26,28)/t10-,11+,12?. The predicted molar refractivity (Wildman–Crippen MR) is 102 cm³/mol. The summed E-state index contributed by atoms with van der Waals surface area (Å²) in [6.45, 7) is 1.25. The van der Waals surface area contributed by atoms with E-state index in [1.807, 2.05) is 4.90 Å². The fourth-order valence-corrected chi connectivity index (χ4v) is 4.38. The molecule has 0 radical (unpaired) electrons. The van der Waals surface area contributed by atoms with Crippen LogP contribution >= 0.6 is 0 Å². The number of rotatable bonds is 6. The Morgan fingerprint density at radius 1 is 1.15 bits per heavy atom. The molecule has 5 rings (SSSR count). The number of aryl methyl sites for hydroxylation is 1. The summed E-state index contributed by atoms with van der Waals surface area (Å²) >= 11 is 0. The molecule has 1 aliphatic heterocycles. The Kier molecular flexibility index (Phi) is 5.01. The third kappa shape index (κ3) is 3.99. The Morgan fingerprint density at radius 3 is 2.52 bits per heavy atom. The van der Waals surface area contributed by atoms with Crippen molar-refractivity contribution in [3.8, 4) is 5.88 Å². The minimum absolute atomic E-state index is 0.0505. The van der Waals surface area contributed by atoms with Crippen LogP contribution in [0, 0.1) is 18.8 Å². The van der Waals surface area contributed by atoms with Gasteiger partial charge in [-0.05, 0) is 31.6 Å². The first kappa shape index (κ1) is 21.6. The Bertz CT molecular complexity index is 1130. The number of anilines is 2.